The van der Waals surface area contributed by atoms with Crippen LogP contribution in [-0.4, -0.2) is 42.6 Å². The smallest absolute Gasteiger partial charge is 0.333 e. The second-order valence-electron chi connectivity index (χ2n) is 3.67. The molecule has 0 amide bonds. The number of esters is 1. The van der Waals surface area contributed by atoms with Crippen LogP contribution in [0.4, 0.5) is 0 Å². The van der Waals surface area contributed by atoms with Gasteiger partial charge >= 0.3 is 5.97 Å². The third kappa shape index (κ3) is 7.61. The van der Waals surface area contributed by atoms with Crippen molar-refractivity contribution in [3.8, 4) is 0 Å². The first-order valence-electron chi connectivity index (χ1n) is 5.50. The summed E-state index contributed by atoms with van der Waals surface area (Å²) in [5.41, 5.74) is 0.455. The SMILES string of the molecule is C=C(C)C(=O)OCCC[SiH2]CC(OC)OC. The summed E-state index contributed by atoms with van der Waals surface area (Å²) in [4.78, 5) is 11.0. The Morgan fingerprint density at radius 3 is 2.50 bits per heavy atom. The van der Waals surface area contributed by atoms with E-state index in [1.165, 1.54) is 0 Å². The molecule has 0 heterocycles. The molecule has 0 aliphatic heterocycles. The molecule has 0 fully saturated rings. The Kier molecular flexibility index (Phi) is 9.17. The molecule has 0 atom stereocenters. The van der Waals surface area contributed by atoms with Crippen LogP contribution in [0, 0.1) is 0 Å². The van der Waals surface area contributed by atoms with E-state index in [1.54, 1.807) is 21.1 Å². The molecule has 0 aromatic heterocycles. The first-order valence-corrected chi connectivity index (χ1v) is 7.50. The van der Waals surface area contributed by atoms with Crippen LogP contribution < -0.4 is 0 Å². The quantitative estimate of drug-likeness (QED) is 0.201. The van der Waals surface area contributed by atoms with E-state index in [-0.39, 0.29) is 21.8 Å². The van der Waals surface area contributed by atoms with Gasteiger partial charge in [-0.1, -0.05) is 12.6 Å². The maximum absolute atomic E-state index is 11.0. The molecular weight excluding hydrogens is 224 g/mol. The Morgan fingerprint density at radius 1 is 1.38 bits per heavy atom. The molecule has 0 aliphatic carbocycles. The Hall–Kier alpha value is -0.653. The van der Waals surface area contributed by atoms with Crippen LogP contribution in [0.3, 0.4) is 0 Å². The molecule has 0 aromatic rings. The lowest BCUT2D eigenvalue weighted by atomic mass is 10.4. The molecule has 0 saturated carbocycles. The third-order valence-electron chi connectivity index (χ3n) is 2.19. The molecule has 0 spiro atoms. The van der Waals surface area contributed by atoms with Gasteiger partial charge in [0, 0.05) is 29.3 Å². The molecule has 0 radical (unpaired) electrons. The second kappa shape index (κ2) is 9.56. The van der Waals surface area contributed by atoms with E-state index < -0.39 is 0 Å². The zero-order chi connectivity index (χ0) is 12.4. The summed E-state index contributed by atoms with van der Waals surface area (Å²) in [7, 11) is 3.11. The van der Waals surface area contributed by atoms with Gasteiger partial charge in [-0.25, -0.2) is 4.79 Å². The maximum atomic E-state index is 11.0. The molecule has 94 valence electrons. The summed E-state index contributed by atoms with van der Waals surface area (Å²) in [6.45, 7) is 5.66. The molecule has 0 bridgehead atoms. The minimum Gasteiger partial charge on any atom is -0.462 e. The van der Waals surface area contributed by atoms with Gasteiger partial charge in [0.25, 0.3) is 0 Å². The van der Waals surface area contributed by atoms with E-state index >= 15 is 0 Å². The number of carbonyl (C=O) groups excluding carboxylic acids is 1. The van der Waals surface area contributed by atoms with Gasteiger partial charge in [-0.15, -0.1) is 0 Å². The Bertz CT molecular complexity index is 214. The van der Waals surface area contributed by atoms with Crippen molar-refractivity contribution in [2.24, 2.45) is 0 Å². The lowest BCUT2D eigenvalue weighted by molar-refractivity contribution is -0.138. The third-order valence-corrected chi connectivity index (χ3v) is 4.07. The van der Waals surface area contributed by atoms with Gasteiger partial charge in [0.15, 0.2) is 6.29 Å². The average Bonchev–Trinajstić information content (AvgIpc) is 2.27. The molecule has 5 heteroatoms. The Balaban J connectivity index is 3.34. The van der Waals surface area contributed by atoms with Gasteiger partial charge in [-0.2, -0.15) is 0 Å². The van der Waals surface area contributed by atoms with Crippen molar-refractivity contribution in [3.05, 3.63) is 12.2 Å². The van der Waals surface area contributed by atoms with E-state index in [2.05, 4.69) is 6.58 Å². The standard InChI is InChI=1S/C11H22O4Si/c1-9(2)11(12)15-6-5-7-16-8-10(13-3)14-4/h10H,1,5-8,16H2,2-4H3. The second-order valence-corrected chi connectivity index (χ2v) is 5.66. The van der Waals surface area contributed by atoms with Gasteiger partial charge in [0.1, 0.15) is 0 Å². The minimum absolute atomic E-state index is 0.0652. The Morgan fingerprint density at radius 2 is 2.00 bits per heavy atom. The van der Waals surface area contributed by atoms with Gasteiger partial charge in [0.05, 0.1) is 6.61 Å². The summed E-state index contributed by atoms with van der Waals surface area (Å²) < 4.78 is 15.2. The molecule has 16 heavy (non-hydrogen) atoms. The monoisotopic (exact) mass is 246 g/mol. The number of methoxy groups -OCH3 is 2. The predicted octanol–water partition coefficient (Wildman–Crippen LogP) is 1.12. The van der Waals surface area contributed by atoms with E-state index in [9.17, 15) is 4.79 Å². The predicted molar refractivity (Wildman–Crippen MR) is 66.4 cm³/mol. The van der Waals surface area contributed by atoms with Crippen LogP contribution >= 0.6 is 0 Å². The van der Waals surface area contributed by atoms with Crippen molar-refractivity contribution in [1.29, 1.82) is 0 Å². The molecule has 0 rings (SSSR count). The van der Waals surface area contributed by atoms with Crippen molar-refractivity contribution in [2.45, 2.75) is 31.7 Å². The van der Waals surface area contributed by atoms with Crippen LogP contribution in [0.1, 0.15) is 13.3 Å². The van der Waals surface area contributed by atoms with Gasteiger partial charge < -0.3 is 14.2 Å². The maximum Gasteiger partial charge on any atom is 0.333 e. The minimum atomic E-state index is -0.298. The number of hydrogen-bond donors (Lipinski definition) is 0. The highest BCUT2D eigenvalue weighted by Gasteiger charge is 2.05. The van der Waals surface area contributed by atoms with Crippen molar-refractivity contribution in [3.63, 3.8) is 0 Å². The fraction of sp³-hybridized carbons (Fsp3) is 0.727. The first kappa shape index (κ1) is 15.3. The van der Waals surface area contributed by atoms with Crippen molar-refractivity contribution in [2.75, 3.05) is 20.8 Å². The fourth-order valence-electron chi connectivity index (χ4n) is 1.21. The molecule has 4 nitrogen and oxygen atoms in total. The van der Waals surface area contributed by atoms with E-state index in [1.807, 2.05) is 0 Å². The first-order chi connectivity index (χ1) is 7.61. The van der Waals surface area contributed by atoms with Gasteiger partial charge in [0.2, 0.25) is 0 Å². The van der Waals surface area contributed by atoms with E-state index in [0.29, 0.717) is 12.2 Å². The highest BCUT2D eigenvalue weighted by atomic mass is 28.2. The summed E-state index contributed by atoms with van der Waals surface area (Å²) in [5.74, 6) is -0.298. The molecule has 0 saturated heterocycles. The normalized spacial score (nSPS) is 11.2. The highest BCUT2D eigenvalue weighted by molar-refractivity contribution is 6.35. The lowest BCUT2D eigenvalue weighted by Crippen LogP contribution is -2.15. The highest BCUT2D eigenvalue weighted by Crippen LogP contribution is 2.02. The fourth-order valence-corrected chi connectivity index (χ4v) is 2.86. The van der Waals surface area contributed by atoms with E-state index in [4.69, 9.17) is 14.2 Å². The number of carbonyl (C=O) groups is 1. The van der Waals surface area contributed by atoms with Crippen LogP contribution in [-0.2, 0) is 19.0 Å². The van der Waals surface area contributed by atoms with Gasteiger partial charge in [-0.3, -0.25) is 0 Å². The largest absolute Gasteiger partial charge is 0.462 e. The molecule has 0 unspecified atom stereocenters. The summed E-state index contributed by atoms with van der Waals surface area (Å²) in [6, 6.07) is 2.13. The summed E-state index contributed by atoms with van der Waals surface area (Å²) in [5, 5.41) is 0. The number of hydrogen-bond acceptors (Lipinski definition) is 4. The summed E-state index contributed by atoms with van der Waals surface area (Å²) in [6.07, 6.45) is 0.857. The number of rotatable bonds is 9. The van der Waals surface area contributed by atoms with Gasteiger partial charge in [-0.05, 0) is 19.4 Å². The van der Waals surface area contributed by atoms with Crippen LogP contribution in [0.2, 0.25) is 12.1 Å². The van der Waals surface area contributed by atoms with Crippen molar-refractivity contribution >= 4 is 15.5 Å². The van der Waals surface area contributed by atoms with Crippen LogP contribution in [0.5, 0.6) is 0 Å². The van der Waals surface area contributed by atoms with Crippen molar-refractivity contribution in [1.82, 2.24) is 0 Å². The molecule has 0 aliphatic rings. The molecular formula is C11H22O4Si. The topological polar surface area (TPSA) is 44.8 Å². The lowest BCUT2D eigenvalue weighted by Gasteiger charge is -2.12. The van der Waals surface area contributed by atoms with Crippen LogP contribution in [0.15, 0.2) is 12.2 Å². The van der Waals surface area contributed by atoms with Crippen LogP contribution in [0.25, 0.3) is 0 Å². The Labute approximate surface area is 99.8 Å². The zero-order valence-corrected chi connectivity index (χ0v) is 11.9. The summed E-state index contributed by atoms with van der Waals surface area (Å²) >= 11 is 0. The zero-order valence-electron chi connectivity index (χ0n) is 10.5. The van der Waals surface area contributed by atoms with E-state index in [0.717, 1.165) is 18.5 Å². The molecule has 0 aromatic carbocycles. The average molecular weight is 246 g/mol. The molecule has 0 N–H and O–H groups in total. The van der Waals surface area contributed by atoms with Crippen molar-refractivity contribution < 1.29 is 19.0 Å². The number of ether oxygens (including phenoxy) is 3.